The third-order valence-corrected chi connectivity index (χ3v) is 13.6. The summed E-state index contributed by atoms with van der Waals surface area (Å²) in [7, 11) is -2.99. The molecule has 0 spiro atoms. The van der Waals surface area contributed by atoms with E-state index in [2.05, 4.69) is 79.2 Å². The molecule has 1 fully saturated rings. The normalized spacial score (nSPS) is 22.1. The molecule has 0 radical (unpaired) electrons. The molecule has 1 aliphatic carbocycles. The van der Waals surface area contributed by atoms with Crippen LogP contribution in [0.15, 0.2) is 24.8 Å². The molecule has 0 bridgehead atoms. The molecule has 1 saturated carbocycles. The van der Waals surface area contributed by atoms with E-state index in [4.69, 9.17) is 13.9 Å². The van der Waals surface area contributed by atoms with Crippen LogP contribution in [0.1, 0.15) is 66.2 Å². The van der Waals surface area contributed by atoms with E-state index in [1.54, 1.807) is 0 Å². The lowest BCUT2D eigenvalue weighted by Gasteiger charge is -2.38. The molecule has 1 N–H and O–H groups in total. The molecule has 0 amide bonds. The first kappa shape index (κ1) is 31.8. The maximum absolute atomic E-state index is 10.5. The number of hydrogen-bond donors (Lipinski definition) is 1. The van der Waals surface area contributed by atoms with Crippen molar-refractivity contribution in [2.45, 2.75) is 128 Å². The zero-order valence-corrected chi connectivity index (χ0v) is 25.9. The summed E-state index contributed by atoms with van der Waals surface area (Å²) in [5.41, 5.74) is 0. The van der Waals surface area contributed by atoms with Crippen LogP contribution < -0.4 is 0 Å². The fourth-order valence-corrected chi connectivity index (χ4v) is 5.93. The Kier molecular flexibility index (Phi) is 13.5. The Hall–Kier alpha value is -0.246. The van der Waals surface area contributed by atoms with Crippen molar-refractivity contribution in [2.75, 3.05) is 13.4 Å². The maximum atomic E-state index is 10.5. The van der Waals surface area contributed by atoms with Crippen molar-refractivity contribution in [2.24, 2.45) is 11.8 Å². The van der Waals surface area contributed by atoms with Gasteiger partial charge in [-0.2, -0.15) is 0 Å². The molecule has 0 unspecified atom stereocenters. The average Bonchev–Trinajstić information content (AvgIpc) is 3.49. The highest BCUT2D eigenvalue weighted by Gasteiger charge is 2.46. The van der Waals surface area contributed by atoms with Crippen molar-refractivity contribution < 1.29 is 19.0 Å². The summed E-state index contributed by atoms with van der Waals surface area (Å²) in [5, 5.41) is 10.7. The van der Waals surface area contributed by atoms with Gasteiger partial charge < -0.3 is 19.0 Å². The predicted molar refractivity (Wildman–Crippen MR) is 152 cm³/mol. The molecular formula is C28H56O4Si2. The fraction of sp³-hybridized carbons (Fsp3) is 0.857. The summed E-state index contributed by atoms with van der Waals surface area (Å²) in [6.07, 6.45) is 12.3. The molecule has 0 saturated heterocycles. The van der Waals surface area contributed by atoms with Gasteiger partial charge in [0, 0.05) is 14.7 Å². The van der Waals surface area contributed by atoms with E-state index in [0.29, 0.717) is 19.1 Å². The standard InChI is InChI=1S/C28H56O4Si2/c1-11-13-14-16-23(32-34(9,10)28(3,4)5)17-18-27(25-21-24(25)26(29)15-12-2)31-22-30-19-20-33(6,7)8/h12,17-18,23-27,29H,2,11,13-16,19-22H2,1,3-10H3/b18-17+/t23-,24-,25-,26+,27-/m1/s1. The molecular weight excluding hydrogens is 456 g/mol. The topological polar surface area (TPSA) is 47.9 Å². The lowest BCUT2D eigenvalue weighted by atomic mass is 10.1. The van der Waals surface area contributed by atoms with Gasteiger partial charge >= 0.3 is 0 Å². The van der Waals surface area contributed by atoms with Crippen molar-refractivity contribution >= 4 is 16.4 Å². The molecule has 0 aromatic rings. The highest BCUT2D eigenvalue weighted by Crippen LogP contribution is 2.46. The van der Waals surface area contributed by atoms with E-state index in [9.17, 15) is 5.11 Å². The van der Waals surface area contributed by atoms with E-state index in [0.717, 1.165) is 25.5 Å². The quantitative estimate of drug-likeness (QED) is 0.0881. The molecule has 0 aromatic carbocycles. The van der Waals surface area contributed by atoms with Crippen LogP contribution in [0.2, 0.25) is 43.8 Å². The van der Waals surface area contributed by atoms with Crippen LogP contribution in [0.4, 0.5) is 0 Å². The molecule has 1 rings (SSSR count). The van der Waals surface area contributed by atoms with Crippen molar-refractivity contribution in [3.63, 3.8) is 0 Å². The second kappa shape index (κ2) is 14.5. The maximum Gasteiger partial charge on any atom is 0.192 e. The molecule has 6 heteroatoms. The van der Waals surface area contributed by atoms with E-state index in [-0.39, 0.29) is 29.3 Å². The van der Waals surface area contributed by atoms with E-state index in [1.165, 1.54) is 19.3 Å². The minimum Gasteiger partial charge on any atom is -0.411 e. The number of aliphatic hydroxyl groups is 1. The third-order valence-electron chi connectivity index (χ3n) is 7.42. The molecule has 0 aliphatic heterocycles. The minimum absolute atomic E-state index is 0.0481. The van der Waals surface area contributed by atoms with Gasteiger partial charge in [-0.1, -0.05) is 84.8 Å². The van der Waals surface area contributed by atoms with Crippen LogP contribution >= 0.6 is 0 Å². The first-order chi connectivity index (χ1) is 15.7. The second-order valence-corrected chi connectivity index (χ2v) is 23.3. The van der Waals surface area contributed by atoms with Gasteiger partial charge in [0.2, 0.25) is 0 Å². The predicted octanol–water partition coefficient (Wildman–Crippen LogP) is 7.78. The fourth-order valence-electron chi connectivity index (χ4n) is 3.87. The van der Waals surface area contributed by atoms with Gasteiger partial charge in [0.05, 0.1) is 18.3 Å². The molecule has 200 valence electrons. The molecule has 0 aromatic heterocycles. The third kappa shape index (κ3) is 12.1. The van der Waals surface area contributed by atoms with Gasteiger partial charge in [0.25, 0.3) is 0 Å². The Morgan fingerprint density at radius 2 is 1.74 bits per heavy atom. The summed E-state index contributed by atoms with van der Waals surface area (Å²) in [6.45, 7) is 25.7. The summed E-state index contributed by atoms with van der Waals surface area (Å²) in [5.74, 6) is 0.602. The smallest absolute Gasteiger partial charge is 0.192 e. The Labute approximate surface area is 213 Å². The van der Waals surface area contributed by atoms with E-state index < -0.39 is 16.4 Å². The van der Waals surface area contributed by atoms with Crippen LogP contribution in [0.5, 0.6) is 0 Å². The molecule has 4 nitrogen and oxygen atoms in total. The SMILES string of the molecule is C=CC[C@H](O)[C@@H]1C[C@H]1[C@@H](/C=C/[C@@H](CCCCC)O[Si](C)(C)C(C)(C)C)OCOCC[Si](C)(C)C. The summed E-state index contributed by atoms with van der Waals surface area (Å²) in [4.78, 5) is 0. The second-order valence-electron chi connectivity index (χ2n) is 12.9. The molecule has 1 aliphatic rings. The lowest BCUT2D eigenvalue weighted by Crippen LogP contribution is -2.43. The summed E-state index contributed by atoms with van der Waals surface area (Å²) >= 11 is 0. The van der Waals surface area contributed by atoms with Crippen molar-refractivity contribution in [3.05, 3.63) is 24.8 Å². The van der Waals surface area contributed by atoms with Crippen LogP contribution in [0, 0.1) is 11.8 Å². The zero-order valence-electron chi connectivity index (χ0n) is 23.9. The number of aliphatic hydroxyl groups excluding tert-OH is 1. The molecule has 34 heavy (non-hydrogen) atoms. The highest BCUT2D eigenvalue weighted by molar-refractivity contribution is 6.76. The Bertz CT molecular complexity index is 607. The van der Waals surface area contributed by atoms with Crippen molar-refractivity contribution in [1.29, 1.82) is 0 Å². The van der Waals surface area contributed by atoms with Crippen molar-refractivity contribution in [1.82, 2.24) is 0 Å². The number of unbranched alkanes of at least 4 members (excludes halogenated alkanes) is 2. The minimum atomic E-state index is -1.87. The van der Waals surface area contributed by atoms with Gasteiger partial charge in [-0.25, -0.2) is 0 Å². The van der Waals surface area contributed by atoms with Gasteiger partial charge in [-0.15, -0.1) is 6.58 Å². The zero-order chi connectivity index (χ0) is 26.0. The number of rotatable bonds is 18. The molecule has 0 heterocycles. The monoisotopic (exact) mass is 512 g/mol. The average molecular weight is 513 g/mol. The van der Waals surface area contributed by atoms with Gasteiger partial charge in [-0.05, 0) is 55.3 Å². The largest absolute Gasteiger partial charge is 0.411 e. The van der Waals surface area contributed by atoms with Gasteiger partial charge in [0.1, 0.15) is 6.79 Å². The Balaban J connectivity index is 2.87. The summed E-state index contributed by atoms with van der Waals surface area (Å²) in [6, 6.07) is 1.14. The van der Waals surface area contributed by atoms with Gasteiger partial charge in [0.15, 0.2) is 8.32 Å². The van der Waals surface area contributed by atoms with E-state index >= 15 is 0 Å². The highest BCUT2D eigenvalue weighted by atomic mass is 28.4. The number of hydrogen-bond acceptors (Lipinski definition) is 4. The van der Waals surface area contributed by atoms with Gasteiger partial charge in [-0.3, -0.25) is 0 Å². The first-order valence-corrected chi connectivity index (χ1v) is 20.2. The van der Waals surface area contributed by atoms with Crippen LogP contribution in [-0.4, -0.2) is 53.2 Å². The number of ether oxygens (including phenoxy) is 2. The van der Waals surface area contributed by atoms with Crippen LogP contribution in [0.3, 0.4) is 0 Å². The molecule has 5 atom stereocenters. The Morgan fingerprint density at radius 3 is 2.29 bits per heavy atom. The van der Waals surface area contributed by atoms with Crippen LogP contribution in [0.25, 0.3) is 0 Å². The van der Waals surface area contributed by atoms with Crippen LogP contribution in [-0.2, 0) is 13.9 Å². The van der Waals surface area contributed by atoms with Crippen molar-refractivity contribution in [3.8, 4) is 0 Å². The first-order valence-electron chi connectivity index (χ1n) is 13.6. The van der Waals surface area contributed by atoms with E-state index in [1.807, 2.05) is 6.08 Å². The summed E-state index contributed by atoms with van der Waals surface area (Å²) < 4.78 is 18.9. The Morgan fingerprint density at radius 1 is 1.06 bits per heavy atom. The lowest BCUT2D eigenvalue weighted by molar-refractivity contribution is -0.0804.